The molecule has 0 spiro atoms. The Labute approximate surface area is 369 Å². The molecular weight excluding hydrogens is 832 g/mol. The van der Waals surface area contributed by atoms with Crippen molar-refractivity contribution in [1.82, 2.24) is 15.5 Å². The molecule has 0 bridgehead atoms. The Morgan fingerprint density at radius 2 is 1.54 bits per heavy atom. The maximum atomic E-state index is 13.8. The highest BCUT2D eigenvalue weighted by Gasteiger charge is 2.44. The van der Waals surface area contributed by atoms with Crippen molar-refractivity contribution >= 4 is 39.1 Å². The van der Waals surface area contributed by atoms with Gasteiger partial charge in [0.1, 0.15) is 48.4 Å². The largest absolute Gasteiger partial charge is 0.508 e. The first-order chi connectivity index (χ1) is 30.3. The Bertz CT molecular complexity index is 2360. The van der Waals surface area contributed by atoms with Gasteiger partial charge in [-0.1, -0.05) is 45.0 Å². The average Bonchev–Trinajstić information content (AvgIpc) is 3.83. The molecule has 4 N–H and O–H groups in total. The van der Waals surface area contributed by atoms with Gasteiger partial charge in [0.05, 0.1) is 55.6 Å². The van der Waals surface area contributed by atoms with Crippen LogP contribution in [0.4, 0.5) is 4.39 Å². The number of phenols is 1. The van der Waals surface area contributed by atoms with Crippen molar-refractivity contribution in [2.75, 3.05) is 52.8 Å². The molecule has 63 heavy (non-hydrogen) atoms. The molecule has 2 heterocycles. The summed E-state index contributed by atoms with van der Waals surface area (Å²) in [6.45, 7) is 6.80. The normalized spacial score (nSPS) is 15.5. The van der Waals surface area contributed by atoms with E-state index in [1.165, 1.54) is 28.4 Å². The molecule has 1 aliphatic heterocycles. The number of amides is 3. The first-order valence-electron chi connectivity index (χ1n) is 20.5. The number of hydrogen-bond acceptors (Lipinski definition) is 12. The van der Waals surface area contributed by atoms with Gasteiger partial charge in [-0.2, -0.15) is 5.26 Å². The predicted octanol–water partition coefficient (Wildman–Crippen LogP) is 6.31. The minimum atomic E-state index is -0.989. The Morgan fingerprint density at radius 3 is 2.21 bits per heavy atom. The van der Waals surface area contributed by atoms with E-state index in [9.17, 15) is 29.0 Å². The number of likely N-dealkylation sites (tertiary alicyclic amines) is 1. The van der Waals surface area contributed by atoms with Gasteiger partial charge in [0.15, 0.2) is 5.75 Å². The molecule has 5 aromatic rings. The summed E-state index contributed by atoms with van der Waals surface area (Å²) in [5.41, 5.74) is 1.36. The Morgan fingerprint density at radius 1 is 0.889 bits per heavy atom. The van der Waals surface area contributed by atoms with E-state index < -0.39 is 41.3 Å². The molecule has 0 radical (unpaired) electrons. The van der Waals surface area contributed by atoms with Gasteiger partial charge in [-0.25, -0.2) is 4.39 Å². The number of rotatable bonds is 20. The molecule has 3 amide bonds. The van der Waals surface area contributed by atoms with Crippen LogP contribution in [-0.4, -0.2) is 104 Å². The third kappa shape index (κ3) is 13.0. The second-order valence-electron chi connectivity index (χ2n) is 15.9. The van der Waals surface area contributed by atoms with Crippen molar-refractivity contribution in [3.63, 3.8) is 0 Å². The van der Waals surface area contributed by atoms with Crippen LogP contribution in [0.25, 0.3) is 20.5 Å². The van der Waals surface area contributed by atoms with Crippen molar-refractivity contribution in [2.45, 2.75) is 51.9 Å². The number of nitrogens with zero attached hydrogens (tertiary/aromatic N) is 2. The maximum absolute atomic E-state index is 13.8. The van der Waals surface area contributed by atoms with Gasteiger partial charge in [-0.15, -0.1) is 11.3 Å². The quantitative estimate of drug-likeness (QED) is 0.0641. The first-order valence-corrected chi connectivity index (χ1v) is 21.3. The van der Waals surface area contributed by atoms with Crippen LogP contribution in [0.1, 0.15) is 38.3 Å². The lowest BCUT2D eigenvalue weighted by molar-refractivity contribution is -0.144. The fourth-order valence-corrected chi connectivity index (χ4v) is 7.99. The van der Waals surface area contributed by atoms with Crippen molar-refractivity contribution in [3.05, 3.63) is 108 Å². The summed E-state index contributed by atoms with van der Waals surface area (Å²) in [6, 6.07) is 25.3. The molecule has 14 nitrogen and oxygen atoms in total. The molecule has 1 fully saturated rings. The van der Waals surface area contributed by atoms with Crippen LogP contribution in [-0.2, 0) is 35.1 Å². The van der Waals surface area contributed by atoms with Gasteiger partial charge < -0.3 is 49.4 Å². The summed E-state index contributed by atoms with van der Waals surface area (Å²) in [4.78, 5) is 42.0. The molecular formula is C47H51FN4O10S. The molecule has 4 aromatic carbocycles. The Hall–Kier alpha value is -6.09. The van der Waals surface area contributed by atoms with E-state index in [4.69, 9.17) is 28.9 Å². The summed E-state index contributed by atoms with van der Waals surface area (Å²) in [5.74, 6) is 0.213. The summed E-state index contributed by atoms with van der Waals surface area (Å²) in [7, 11) is 0. The number of thiophene rings is 1. The number of carbonyl (C=O) groups is 3. The van der Waals surface area contributed by atoms with Gasteiger partial charge in [-0.3, -0.25) is 14.4 Å². The molecule has 3 atom stereocenters. The zero-order valence-corrected chi connectivity index (χ0v) is 36.1. The van der Waals surface area contributed by atoms with E-state index in [1.807, 2.05) is 6.07 Å². The SMILES string of the molecule is CC(C)(C)C(NC(=O)COCCOCCOCCOc1ccc(Oc2c(-c3ccc(F)cc3)sc3cc(O)ccc23)cc1)C(=O)N1C[C@H](O)C[C@H]1C(=O)NCc1ccc(C#N)cc1. The van der Waals surface area contributed by atoms with Gasteiger partial charge >= 0.3 is 0 Å². The predicted molar refractivity (Wildman–Crippen MR) is 234 cm³/mol. The molecule has 0 saturated carbocycles. The van der Waals surface area contributed by atoms with Crippen molar-refractivity contribution in [3.8, 4) is 39.5 Å². The summed E-state index contributed by atoms with van der Waals surface area (Å²) < 4.78 is 43.3. The second-order valence-corrected chi connectivity index (χ2v) is 17.0. The minimum Gasteiger partial charge on any atom is -0.508 e. The van der Waals surface area contributed by atoms with E-state index in [1.54, 1.807) is 99.6 Å². The van der Waals surface area contributed by atoms with Crippen LogP contribution < -0.4 is 20.1 Å². The number of carbonyl (C=O) groups excluding carboxylic acids is 3. The van der Waals surface area contributed by atoms with Crippen LogP contribution in [0.3, 0.4) is 0 Å². The maximum Gasteiger partial charge on any atom is 0.246 e. The van der Waals surface area contributed by atoms with Gasteiger partial charge in [-0.05, 0) is 83.3 Å². The highest BCUT2D eigenvalue weighted by molar-refractivity contribution is 7.22. The van der Waals surface area contributed by atoms with Crippen molar-refractivity contribution in [2.24, 2.45) is 5.41 Å². The molecule has 332 valence electrons. The highest BCUT2D eigenvalue weighted by Crippen LogP contribution is 2.47. The molecule has 0 aliphatic carbocycles. The first kappa shape index (κ1) is 46.4. The number of aromatic hydroxyl groups is 1. The fourth-order valence-electron chi connectivity index (χ4n) is 6.83. The third-order valence-corrected chi connectivity index (χ3v) is 11.3. The number of benzene rings is 4. The van der Waals surface area contributed by atoms with Gasteiger partial charge in [0.25, 0.3) is 0 Å². The second kappa shape index (κ2) is 21.8. The van der Waals surface area contributed by atoms with E-state index >= 15 is 0 Å². The van der Waals surface area contributed by atoms with Crippen LogP contribution in [0.2, 0.25) is 0 Å². The zero-order valence-electron chi connectivity index (χ0n) is 35.3. The molecule has 6 rings (SSSR count). The smallest absolute Gasteiger partial charge is 0.246 e. The monoisotopic (exact) mass is 882 g/mol. The van der Waals surface area contributed by atoms with Gasteiger partial charge in [0, 0.05) is 29.6 Å². The number of β-amino-alcohol motifs (C(OH)–C–C–N with tert-alkyl or cyclic N) is 1. The van der Waals surface area contributed by atoms with Crippen LogP contribution in [0, 0.1) is 22.6 Å². The number of phenolic OH excluding ortho intramolecular Hbond substituents is 1. The summed E-state index contributed by atoms with van der Waals surface area (Å²) in [5, 5.41) is 35.9. The number of hydrogen-bond donors (Lipinski definition) is 4. The van der Waals surface area contributed by atoms with Gasteiger partial charge in [0.2, 0.25) is 17.7 Å². The number of halogens is 1. The van der Waals surface area contributed by atoms with Crippen molar-refractivity contribution < 1.29 is 52.7 Å². The summed E-state index contributed by atoms with van der Waals surface area (Å²) in [6.07, 6.45) is -0.829. The summed E-state index contributed by atoms with van der Waals surface area (Å²) >= 11 is 1.45. The van der Waals surface area contributed by atoms with E-state index in [0.29, 0.717) is 49.2 Å². The molecule has 16 heteroatoms. The highest BCUT2D eigenvalue weighted by atomic mass is 32.1. The molecule has 1 saturated heterocycles. The number of nitriles is 1. The third-order valence-electron chi connectivity index (χ3n) is 10.1. The number of fused-ring (bicyclic) bond motifs is 1. The number of nitrogens with one attached hydrogen (secondary N) is 2. The minimum absolute atomic E-state index is 0.0444. The molecule has 1 aromatic heterocycles. The van der Waals surface area contributed by atoms with Crippen LogP contribution in [0.5, 0.6) is 23.0 Å². The Kier molecular flexibility index (Phi) is 16.1. The average molecular weight is 883 g/mol. The van der Waals surface area contributed by atoms with Crippen LogP contribution in [0.15, 0.2) is 91.0 Å². The molecule has 1 aliphatic rings. The lowest BCUT2D eigenvalue weighted by atomic mass is 9.85. The lowest BCUT2D eigenvalue weighted by Crippen LogP contribution is -2.58. The van der Waals surface area contributed by atoms with Crippen molar-refractivity contribution in [1.29, 1.82) is 5.26 Å². The van der Waals surface area contributed by atoms with E-state index in [2.05, 4.69) is 10.6 Å². The molecule has 1 unspecified atom stereocenters. The lowest BCUT2D eigenvalue weighted by Gasteiger charge is -2.35. The standard InChI is InChI=1S/C47H51FN4O10S/c1-47(2,3)44(46(57)52-28-35(54)24-39(52)45(56)50-27-31-6-4-30(26-49)5-7-31)51-41(55)29-60-21-20-58-18-19-59-22-23-61-36-13-15-37(16-14-36)62-42-38-17-12-34(53)25-40(38)63-43(42)32-8-10-33(48)11-9-32/h4-17,25,35,39,44,53-54H,18-24,27-29H2,1-3H3,(H,50,56)(H,51,55)/t35-,39+,44?/m1/s1. The number of aliphatic hydroxyl groups is 1. The number of aliphatic hydroxyl groups excluding tert-OH is 1. The van der Waals surface area contributed by atoms with E-state index in [-0.39, 0.29) is 50.9 Å². The van der Waals surface area contributed by atoms with Crippen LogP contribution >= 0.6 is 11.3 Å². The van der Waals surface area contributed by atoms with E-state index in [0.717, 1.165) is 26.1 Å². The number of ether oxygens (including phenoxy) is 5. The fraction of sp³-hybridized carbons (Fsp3) is 0.362. The zero-order chi connectivity index (χ0) is 44.9. The topological polar surface area (TPSA) is 189 Å². The Balaban J connectivity index is 0.854.